The summed E-state index contributed by atoms with van der Waals surface area (Å²) in [6.07, 6.45) is 11.0. The van der Waals surface area contributed by atoms with Crippen molar-refractivity contribution in [3.63, 3.8) is 0 Å². The fraction of sp³-hybridized carbons (Fsp3) is 0.0556. The number of hydrogen-bond donors (Lipinski definition) is 0. The van der Waals surface area contributed by atoms with Crippen LogP contribution in [0.5, 0.6) is 5.75 Å². The molecule has 2 heterocycles. The Labute approximate surface area is 123 Å². The summed E-state index contributed by atoms with van der Waals surface area (Å²) < 4.78 is 6.05. The van der Waals surface area contributed by atoms with E-state index in [-0.39, 0.29) is 0 Å². The first-order valence-electron chi connectivity index (χ1n) is 6.99. The molecule has 0 radical (unpaired) electrons. The van der Waals surface area contributed by atoms with E-state index in [1.54, 1.807) is 0 Å². The number of allylic oxidation sites excluding steroid dienone is 4. The zero-order valence-corrected chi connectivity index (χ0v) is 11.4. The van der Waals surface area contributed by atoms with Crippen LogP contribution in [0.2, 0.25) is 0 Å². The van der Waals surface area contributed by atoms with Crippen LogP contribution in [0.3, 0.4) is 0 Å². The number of fused-ring (bicyclic) bond motifs is 2. The number of benzene rings is 1. The lowest BCUT2D eigenvalue weighted by Gasteiger charge is -2.33. The molecule has 21 heavy (non-hydrogen) atoms. The maximum atomic E-state index is 6.05. The van der Waals surface area contributed by atoms with Gasteiger partial charge in [-0.15, -0.1) is 0 Å². The Kier molecular flexibility index (Phi) is 2.82. The number of anilines is 2. The van der Waals surface area contributed by atoms with Crippen molar-refractivity contribution in [1.29, 1.82) is 0 Å². The molecule has 0 N–H and O–H groups in total. The van der Waals surface area contributed by atoms with E-state index in [1.165, 1.54) is 0 Å². The molecule has 0 saturated carbocycles. The van der Waals surface area contributed by atoms with Gasteiger partial charge < -0.3 is 4.74 Å². The Bertz CT molecular complexity index is 760. The molecular formula is C18H14N2O. The Morgan fingerprint density at radius 3 is 2.86 bits per heavy atom. The van der Waals surface area contributed by atoms with Crippen LogP contribution >= 0.6 is 0 Å². The zero-order chi connectivity index (χ0) is 14.1. The summed E-state index contributed by atoms with van der Waals surface area (Å²) in [5, 5.41) is 0. The largest absolute Gasteiger partial charge is 0.453 e. The molecule has 3 heteroatoms. The standard InChI is InChI=1S/C18H14N2O/c1-2-8-14-16(10-3-1)21-17-11-5-4-9-15(17)20(14)18-12-6-7-13-19-18/h1-2,4-13H,3H2. The van der Waals surface area contributed by atoms with Crippen LogP contribution < -0.4 is 9.64 Å². The van der Waals surface area contributed by atoms with E-state index >= 15 is 0 Å². The van der Waals surface area contributed by atoms with E-state index < -0.39 is 0 Å². The van der Waals surface area contributed by atoms with Crippen molar-refractivity contribution in [3.05, 3.63) is 84.4 Å². The number of aromatic nitrogens is 1. The van der Waals surface area contributed by atoms with Crippen LogP contribution in [0.15, 0.2) is 84.4 Å². The minimum absolute atomic E-state index is 0.855. The molecule has 3 nitrogen and oxygen atoms in total. The third kappa shape index (κ3) is 2.03. The van der Waals surface area contributed by atoms with E-state index in [0.29, 0.717) is 0 Å². The van der Waals surface area contributed by atoms with Gasteiger partial charge in [0.1, 0.15) is 11.6 Å². The number of hydrogen-bond acceptors (Lipinski definition) is 3. The third-order valence-electron chi connectivity index (χ3n) is 3.53. The van der Waals surface area contributed by atoms with Gasteiger partial charge in [0.25, 0.3) is 0 Å². The van der Waals surface area contributed by atoms with Gasteiger partial charge in [-0.1, -0.05) is 30.4 Å². The number of nitrogens with zero attached hydrogens (tertiary/aromatic N) is 2. The van der Waals surface area contributed by atoms with E-state index in [9.17, 15) is 0 Å². The molecule has 0 fully saturated rings. The summed E-state index contributed by atoms with van der Waals surface area (Å²) in [5.74, 6) is 2.62. The summed E-state index contributed by atoms with van der Waals surface area (Å²) >= 11 is 0. The highest BCUT2D eigenvalue weighted by Crippen LogP contribution is 2.43. The topological polar surface area (TPSA) is 25.4 Å². The van der Waals surface area contributed by atoms with Gasteiger partial charge in [0, 0.05) is 6.20 Å². The highest BCUT2D eigenvalue weighted by molar-refractivity contribution is 5.76. The summed E-state index contributed by atoms with van der Waals surface area (Å²) in [4.78, 5) is 6.64. The Hall–Kier alpha value is -2.81. The van der Waals surface area contributed by atoms with Crippen molar-refractivity contribution < 1.29 is 4.74 Å². The van der Waals surface area contributed by atoms with Crippen molar-refractivity contribution in [1.82, 2.24) is 4.98 Å². The van der Waals surface area contributed by atoms with Crippen molar-refractivity contribution in [2.45, 2.75) is 6.42 Å². The zero-order valence-electron chi connectivity index (χ0n) is 11.4. The van der Waals surface area contributed by atoms with Gasteiger partial charge in [0.2, 0.25) is 0 Å². The van der Waals surface area contributed by atoms with E-state index in [1.807, 2.05) is 42.6 Å². The second-order valence-electron chi connectivity index (χ2n) is 4.88. The molecule has 1 aromatic carbocycles. The normalized spacial score (nSPS) is 16.1. The van der Waals surface area contributed by atoms with E-state index in [4.69, 9.17) is 4.74 Å². The maximum absolute atomic E-state index is 6.05. The van der Waals surface area contributed by atoms with Gasteiger partial charge in [-0.3, -0.25) is 4.90 Å². The molecule has 0 bridgehead atoms. The Morgan fingerprint density at radius 1 is 1.05 bits per heavy atom. The molecule has 0 spiro atoms. The second-order valence-corrected chi connectivity index (χ2v) is 4.88. The first kappa shape index (κ1) is 12.0. The summed E-state index contributed by atoms with van der Waals surface area (Å²) in [7, 11) is 0. The molecule has 0 atom stereocenters. The van der Waals surface area contributed by atoms with Crippen molar-refractivity contribution in [2.75, 3.05) is 4.90 Å². The molecule has 102 valence electrons. The van der Waals surface area contributed by atoms with Crippen molar-refractivity contribution >= 4 is 11.5 Å². The van der Waals surface area contributed by atoms with Crippen LogP contribution in [0, 0.1) is 0 Å². The van der Waals surface area contributed by atoms with Crippen LogP contribution in [0.1, 0.15) is 6.42 Å². The summed E-state index contributed by atoms with van der Waals surface area (Å²) in [6, 6.07) is 14.0. The Balaban J connectivity index is 1.95. The maximum Gasteiger partial charge on any atom is 0.151 e. The van der Waals surface area contributed by atoms with Gasteiger partial charge in [0.15, 0.2) is 5.75 Å². The molecule has 0 amide bonds. The predicted molar refractivity (Wildman–Crippen MR) is 83.4 cm³/mol. The van der Waals surface area contributed by atoms with Crippen molar-refractivity contribution in [2.24, 2.45) is 0 Å². The van der Waals surface area contributed by atoms with Crippen LogP contribution in [0.4, 0.5) is 11.5 Å². The van der Waals surface area contributed by atoms with Gasteiger partial charge in [-0.2, -0.15) is 0 Å². The lowest BCUT2D eigenvalue weighted by atomic mass is 10.1. The molecule has 2 aromatic rings. The number of pyridine rings is 1. The van der Waals surface area contributed by atoms with Crippen LogP contribution in [0.25, 0.3) is 0 Å². The molecule has 0 saturated heterocycles. The summed E-state index contributed by atoms with van der Waals surface area (Å²) in [5.41, 5.74) is 2.02. The molecule has 1 aromatic heterocycles. The highest BCUT2D eigenvalue weighted by atomic mass is 16.5. The van der Waals surface area contributed by atoms with Crippen molar-refractivity contribution in [3.8, 4) is 5.75 Å². The highest BCUT2D eigenvalue weighted by Gasteiger charge is 2.28. The smallest absolute Gasteiger partial charge is 0.151 e. The van der Waals surface area contributed by atoms with Gasteiger partial charge in [-0.25, -0.2) is 4.98 Å². The summed E-state index contributed by atoms with van der Waals surface area (Å²) in [6.45, 7) is 0. The minimum Gasteiger partial charge on any atom is -0.453 e. The van der Waals surface area contributed by atoms with E-state index in [0.717, 1.165) is 35.1 Å². The monoisotopic (exact) mass is 274 g/mol. The van der Waals surface area contributed by atoms with Gasteiger partial charge >= 0.3 is 0 Å². The number of rotatable bonds is 1. The number of ether oxygens (including phenoxy) is 1. The van der Waals surface area contributed by atoms with Gasteiger partial charge in [-0.05, 0) is 42.8 Å². The molecule has 4 rings (SSSR count). The minimum atomic E-state index is 0.855. The lowest BCUT2D eigenvalue weighted by Crippen LogP contribution is -2.25. The lowest BCUT2D eigenvalue weighted by molar-refractivity contribution is 0.422. The average molecular weight is 274 g/mol. The van der Waals surface area contributed by atoms with E-state index in [2.05, 4.69) is 40.3 Å². The van der Waals surface area contributed by atoms with Crippen LogP contribution in [-0.4, -0.2) is 4.98 Å². The van der Waals surface area contributed by atoms with Gasteiger partial charge in [0.05, 0.1) is 11.4 Å². The SMILES string of the molecule is C1=CCC=C2Oc3ccccc3N(c3ccccn3)C2=C1. The molecule has 2 aliphatic rings. The number of para-hydroxylation sites is 2. The first-order chi connectivity index (χ1) is 10.4. The molecule has 1 aliphatic carbocycles. The molecule has 1 aliphatic heterocycles. The molecular weight excluding hydrogens is 260 g/mol. The predicted octanol–water partition coefficient (Wildman–Crippen LogP) is 4.34. The first-order valence-corrected chi connectivity index (χ1v) is 6.99. The fourth-order valence-electron chi connectivity index (χ4n) is 2.59. The van der Waals surface area contributed by atoms with Crippen LogP contribution in [-0.2, 0) is 0 Å². The quantitative estimate of drug-likeness (QED) is 0.773. The Morgan fingerprint density at radius 2 is 1.95 bits per heavy atom. The third-order valence-corrected chi connectivity index (χ3v) is 3.53. The second kappa shape index (κ2) is 4.94. The molecule has 0 unspecified atom stereocenters. The fourth-order valence-corrected chi connectivity index (χ4v) is 2.59. The average Bonchev–Trinajstić information content (AvgIpc) is 2.78.